The lowest BCUT2D eigenvalue weighted by Gasteiger charge is -2.16. The minimum absolute atomic E-state index is 0.972. The van der Waals surface area contributed by atoms with Crippen LogP contribution in [0, 0.1) is 6.92 Å². The number of pyridine rings is 1. The number of rotatable bonds is 4. The molecule has 1 aromatic heterocycles. The molecule has 0 atom stereocenters. The Morgan fingerprint density at radius 1 is 0.340 bits per heavy atom. The fraction of sp³-hybridized carbons (Fsp3) is 0.0217. The van der Waals surface area contributed by atoms with Gasteiger partial charge in [-0.05, 0) is 91.5 Å². The van der Waals surface area contributed by atoms with Crippen LogP contribution in [0.5, 0.6) is 0 Å². The summed E-state index contributed by atoms with van der Waals surface area (Å²) in [6.07, 6.45) is 0. The summed E-state index contributed by atoms with van der Waals surface area (Å²) in [4.78, 5) is 5.42. The SMILES string of the molecule is Cc1ccc(-c2ccc(-c3cc(-c4ccc5ccccc5c4)c4cc(-c5ccc6ccccc6c5)c5ccccc5c4n3)cc2)cc1. The van der Waals surface area contributed by atoms with Crippen LogP contribution in [0.25, 0.3) is 87.9 Å². The molecule has 9 rings (SSSR count). The van der Waals surface area contributed by atoms with Gasteiger partial charge in [-0.2, -0.15) is 0 Å². The summed E-state index contributed by atoms with van der Waals surface area (Å²) in [7, 11) is 0. The van der Waals surface area contributed by atoms with Crippen molar-refractivity contribution in [1.29, 1.82) is 0 Å². The van der Waals surface area contributed by atoms with Gasteiger partial charge in [-0.25, -0.2) is 4.98 Å². The first kappa shape index (κ1) is 27.3. The van der Waals surface area contributed by atoms with E-state index in [1.807, 2.05) is 0 Å². The van der Waals surface area contributed by atoms with Crippen molar-refractivity contribution in [3.8, 4) is 44.6 Å². The van der Waals surface area contributed by atoms with Crippen LogP contribution in [0.15, 0.2) is 170 Å². The van der Waals surface area contributed by atoms with E-state index in [4.69, 9.17) is 4.98 Å². The largest absolute Gasteiger partial charge is 0.247 e. The average Bonchev–Trinajstić information content (AvgIpc) is 3.14. The predicted molar refractivity (Wildman–Crippen MR) is 201 cm³/mol. The van der Waals surface area contributed by atoms with Crippen molar-refractivity contribution < 1.29 is 0 Å². The van der Waals surface area contributed by atoms with E-state index in [1.165, 1.54) is 65.9 Å². The second kappa shape index (κ2) is 11.1. The first-order chi connectivity index (χ1) is 23.2. The molecule has 9 aromatic rings. The Labute approximate surface area is 274 Å². The second-order valence-corrected chi connectivity index (χ2v) is 12.5. The molecule has 220 valence electrons. The molecular weight excluding hydrogens is 567 g/mol. The quantitative estimate of drug-likeness (QED) is 0.184. The fourth-order valence-electron chi connectivity index (χ4n) is 6.97. The Morgan fingerprint density at radius 3 is 1.43 bits per heavy atom. The summed E-state index contributed by atoms with van der Waals surface area (Å²) in [5.74, 6) is 0. The molecule has 0 amide bonds. The standard InChI is InChI=1S/C46H31N/c1-30-14-16-33(17-15-30)34-18-22-35(23-19-34)45-29-43(39-25-21-32-9-3-5-11-37(32)27-39)44-28-42(40-12-6-7-13-41(40)46(44)47-45)38-24-20-31-8-2-4-10-36(31)26-38/h2-29H,1H3. The average molecular weight is 598 g/mol. The highest BCUT2D eigenvalue weighted by atomic mass is 14.7. The molecule has 0 saturated carbocycles. The van der Waals surface area contributed by atoms with Gasteiger partial charge in [0.2, 0.25) is 0 Å². The fourth-order valence-corrected chi connectivity index (χ4v) is 6.97. The van der Waals surface area contributed by atoms with Crippen LogP contribution in [-0.4, -0.2) is 4.98 Å². The molecule has 0 radical (unpaired) electrons. The van der Waals surface area contributed by atoms with Crippen molar-refractivity contribution in [2.45, 2.75) is 6.92 Å². The van der Waals surface area contributed by atoms with Gasteiger partial charge < -0.3 is 0 Å². The van der Waals surface area contributed by atoms with E-state index in [1.54, 1.807) is 0 Å². The minimum Gasteiger partial charge on any atom is -0.247 e. The first-order valence-electron chi connectivity index (χ1n) is 16.2. The normalized spacial score (nSPS) is 11.5. The maximum atomic E-state index is 5.42. The monoisotopic (exact) mass is 597 g/mol. The lowest BCUT2D eigenvalue weighted by Crippen LogP contribution is -1.93. The summed E-state index contributed by atoms with van der Waals surface area (Å²) in [6.45, 7) is 2.12. The van der Waals surface area contributed by atoms with Gasteiger partial charge in [0, 0.05) is 16.3 Å². The lowest BCUT2D eigenvalue weighted by atomic mass is 9.90. The van der Waals surface area contributed by atoms with Crippen LogP contribution in [0.3, 0.4) is 0 Å². The molecule has 8 aromatic carbocycles. The van der Waals surface area contributed by atoms with Gasteiger partial charge in [-0.1, -0.05) is 151 Å². The van der Waals surface area contributed by atoms with Gasteiger partial charge in [0.05, 0.1) is 11.2 Å². The zero-order chi connectivity index (χ0) is 31.3. The molecule has 0 aliphatic rings. The number of hydrogen-bond acceptors (Lipinski definition) is 1. The van der Waals surface area contributed by atoms with E-state index in [0.717, 1.165) is 27.5 Å². The Morgan fingerprint density at radius 2 is 0.809 bits per heavy atom. The van der Waals surface area contributed by atoms with E-state index < -0.39 is 0 Å². The van der Waals surface area contributed by atoms with Crippen molar-refractivity contribution in [2.75, 3.05) is 0 Å². The molecule has 0 aliphatic heterocycles. The van der Waals surface area contributed by atoms with Gasteiger partial charge in [0.15, 0.2) is 0 Å². The number of aryl methyl sites for hydroxylation is 1. The van der Waals surface area contributed by atoms with Crippen LogP contribution in [0.1, 0.15) is 5.56 Å². The van der Waals surface area contributed by atoms with E-state index >= 15 is 0 Å². The first-order valence-corrected chi connectivity index (χ1v) is 16.2. The van der Waals surface area contributed by atoms with Gasteiger partial charge in [-0.3, -0.25) is 0 Å². The topological polar surface area (TPSA) is 12.9 Å². The van der Waals surface area contributed by atoms with Gasteiger partial charge in [0.25, 0.3) is 0 Å². The second-order valence-electron chi connectivity index (χ2n) is 12.5. The molecule has 0 bridgehead atoms. The molecule has 47 heavy (non-hydrogen) atoms. The van der Waals surface area contributed by atoms with Crippen LogP contribution in [0.4, 0.5) is 0 Å². The third-order valence-electron chi connectivity index (χ3n) is 9.51. The zero-order valence-corrected chi connectivity index (χ0v) is 26.1. The van der Waals surface area contributed by atoms with Crippen LogP contribution in [0.2, 0.25) is 0 Å². The zero-order valence-electron chi connectivity index (χ0n) is 26.1. The van der Waals surface area contributed by atoms with Gasteiger partial charge in [0.1, 0.15) is 0 Å². The Bertz CT molecular complexity index is 2610. The molecule has 1 heteroatoms. The molecule has 1 nitrogen and oxygen atoms in total. The number of fused-ring (bicyclic) bond motifs is 5. The van der Waals surface area contributed by atoms with Crippen molar-refractivity contribution in [3.05, 3.63) is 175 Å². The molecule has 1 heterocycles. The molecule has 0 saturated heterocycles. The lowest BCUT2D eigenvalue weighted by molar-refractivity contribution is 1.41. The molecule has 0 aliphatic carbocycles. The van der Waals surface area contributed by atoms with E-state index in [-0.39, 0.29) is 0 Å². The maximum absolute atomic E-state index is 5.42. The third-order valence-corrected chi connectivity index (χ3v) is 9.51. The van der Waals surface area contributed by atoms with E-state index in [9.17, 15) is 0 Å². The minimum atomic E-state index is 0.972. The van der Waals surface area contributed by atoms with E-state index in [0.29, 0.717) is 0 Å². The maximum Gasteiger partial charge on any atom is 0.0794 e. The molecule has 0 fully saturated rings. The summed E-state index contributed by atoms with van der Waals surface area (Å²) >= 11 is 0. The summed E-state index contributed by atoms with van der Waals surface area (Å²) in [5.41, 5.74) is 11.6. The highest BCUT2D eigenvalue weighted by molar-refractivity contribution is 6.16. The Kier molecular flexibility index (Phi) is 6.43. The van der Waals surface area contributed by atoms with E-state index in [2.05, 4.69) is 177 Å². The predicted octanol–water partition coefficient (Wildman–Crippen LogP) is 12.7. The van der Waals surface area contributed by atoms with Gasteiger partial charge >= 0.3 is 0 Å². The van der Waals surface area contributed by atoms with Crippen molar-refractivity contribution in [2.24, 2.45) is 0 Å². The van der Waals surface area contributed by atoms with Crippen LogP contribution in [-0.2, 0) is 0 Å². The highest BCUT2D eigenvalue weighted by Crippen LogP contribution is 2.41. The van der Waals surface area contributed by atoms with Crippen LogP contribution >= 0.6 is 0 Å². The van der Waals surface area contributed by atoms with Crippen molar-refractivity contribution in [1.82, 2.24) is 4.98 Å². The Hall–Kier alpha value is -6.05. The summed E-state index contributed by atoms with van der Waals surface area (Å²) in [5, 5.41) is 8.48. The van der Waals surface area contributed by atoms with Crippen molar-refractivity contribution in [3.63, 3.8) is 0 Å². The van der Waals surface area contributed by atoms with Crippen molar-refractivity contribution >= 4 is 43.2 Å². The summed E-state index contributed by atoms with van der Waals surface area (Å²) in [6, 6.07) is 61.7. The molecule has 0 spiro atoms. The number of aromatic nitrogens is 1. The number of nitrogens with zero attached hydrogens (tertiary/aromatic N) is 1. The number of benzene rings is 8. The third kappa shape index (κ3) is 4.85. The van der Waals surface area contributed by atoms with Gasteiger partial charge in [-0.15, -0.1) is 0 Å². The Balaban J connectivity index is 1.30. The molecule has 0 N–H and O–H groups in total. The summed E-state index contributed by atoms with van der Waals surface area (Å²) < 4.78 is 0. The smallest absolute Gasteiger partial charge is 0.0794 e. The highest BCUT2D eigenvalue weighted by Gasteiger charge is 2.16. The van der Waals surface area contributed by atoms with Crippen LogP contribution < -0.4 is 0 Å². The molecular formula is C46H31N. The number of hydrogen-bond donors (Lipinski definition) is 0. The molecule has 0 unspecified atom stereocenters.